The minimum atomic E-state index is -0.267. The predicted molar refractivity (Wildman–Crippen MR) is 115 cm³/mol. The number of allylic oxidation sites excluding steroid dienone is 2. The molecule has 5 heteroatoms. The lowest BCUT2D eigenvalue weighted by Gasteiger charge is -2.19. The Morgan fingerprint density at radius 2 is 1.73 bits per heavy atom. The normalized spacial score (nSPS) is 26.8. The number of hydrogen-bond acceptors (Lipinski definition) is 3. The molecule has 5 rings (SSSR count). The Hall–Kier alpha value is -3.21. The van der Waals surface area contributed by atoms with E-state index in [1.54, 1.807) is 24.3 Å². The summed E-state index contributed by atoms with van der Waals surface area (Å²) in [6.45, 7) is 6.07. The van der Waals surface area contributed by atoms with E-state index in [9.17, 15) is 14.4 Å². The second kappa shape index (κ2) is 6.66. The van der Waals surface area contributed by atoms with Crippen molar-refractivity contribution in [1.82, 2.24) is 0 Å². The highest BCUT2D eigenvalue weighted by Gasteiger charge is 2.60. The van der Waals surface area contributed by atoms with Gasteiger partial charge in [-0.3, -0.25) is 14.4 Å². The molecule has 0 spiro atoms. The molecule has 2 aromatic carbocycles. The van der Waals surface area contributed by atoms with Gasteiger partial charge in [0.25, 0.3) is 5.91 Å². The lowest BCUT2D eigenvalue weighted by molar-refractivity contribution is -0.123. The smallest absolute Gasteiger partial charge is 0.255 e. The van der Waals surface area contributed by atoms with Crippen molar-refractivity contribution in [2.24, 2.45) is 23.7 Å². The Labute approximate surface area is 175 Å². The fraction of sp³-hybridized carbons (Fsp3) is 0.320. The van der Waals surface area contributed by atoms with E-state index in [1.165, 1.54) is 10.5 Å². The summed E-state index contributed by atoms with van der Waals surface area (Å²) in [7, 11) is 0. The quantitative estimate of drug-likeness (QED) is 0.618. The van der Waals surface area contributed by atoms with Crippen LogP contribution in [0.3, 0.4) is 0 Å². The molecule has 2 aliphatic carbocycles. The van der Waals surface area contributed by atoms with E-state index in [-0.39, 0.29) is 41.4 Å². The minimum Gasteiger partial charge on any atom is -0.322 e. The first-order valence-electron chi connectivity index (χ1n) is 10.4. The summed E-state index contributed by atoms with van der Waals surface area (Å²) in [6.07, 6.45) is 3.07. The molecule has 152 valence electrons. The molecule has 30 heavy (non-hydrogen) atoms. The van der Waals surface area contributed by atoms with Crippen molar-refractivity contribution in [2.45, 2.75) is 27.2 Å². The molecule has 5 nitrogen and oxygen atoms in total. The van der Waals surface area contributed by atoms with Crippen molar-refractivity contribution in [3.63, 3.8) is 0 Å². The molecule has 2 aromatic rings. The molecule has 1 heterocycles. The maximum absolute atomic E-state index is 13.2. The zero-order valence-corrected chi connectivity index (χ0v) is 17.3. The lowest BCUT2D eigenvalue weighted by atomic mass is 9.82. The lowest BCUT2D eigenvalue weighted by Crippen LogP contribution is -2.33. The summed E-state index contributed by atoms with van der Waals surface area (Å²) >= 11 is 0. The van der Waals surface area contributed by atoms with Crippen LogP contribution in [-0.4, -0.2) is 17.7 Å². The summed E-state index contributed by atoms with van der Waals surface area (Å²) in [6, 6.07) is 12.5. The fourth-order valence-corrected chi connectivity index (χ4v) is 5.34. The first kappa shape index (κ1) is 18.8. The largest absolute Gasteiger partial charge is 0.322 e. The summed E-state index contributed by atoms with van der Waals surface area (Å²) in [5, 5.41) is 2.90. The zero-order valence-electron chi connectivity index (χ0n) is 17.3. The predicted octanol–water partition coefficient (Wildman–Crippen LogP) is 4.26. The first-order valence-corrected chi connectivity index (χ1v) is 10.4. The average Bonchev–Trinajstić information content (AvgIpc) is 3.35. The van der Waals surface area contributed by atoms with Gasteiger partial charge in [-0.2, -0.15) is 0 Å². The van der Waals surface area contributed by atoms with Crippen LogP contribution in [-0.2, 0) is 9.59 Å². The van der Waals surface area contributed by atoms with E-state index in [4.69, 9.17) is 0 Å². The highest BCUT2D eigenvalue weighted by atomic mass is 16.2. The number of rotatable bonds is 3. The van der Waals surface area contributed by atoms with E-state index in [2.05, 4.69) is 18.3 Å². The number of carbonyl (C=O) groups is 3. The van der Waals surface area contributed by atoms with E-state index in [1.807, 2.05) is 32.0 Å². The molecule has 0 radical (unpaired) electrons. The van der Waals surface area contributed by atoms with Gasteiger partial charge in [-0.25, -0.2) is 4.90 Å². The summed E-state index contributed by atoms with van der Waals surface area (Å²) in [4.78, 5) is 40.3. The van der Waals surface area contributed by atoms with Crippen LogP contribution in [0.15, 0.2) is 54.1 Å². The van der Waals surface area contributed by atoms with Crippen LogP contribution in [0, 0.1) is 37.5 Å². The number of benzene rings is 2. The molecule has 1 saturated heterocycles. The van der Waals surface area contributed by atoms with Gasteiger partial charge < -0.3 is 5.32 Å². The highest BCUT2D eigenvalue weighted by molar-refractivity contribution is 6.23. The van der Waals surface area contributed by atoms with Crippen LogP contribution in [0.2, 0.25) is 0 Å². The van der Waals surface area contributed by atoms with Crippen LogP contribution in [0.4, 0.5) is 11.4 Å². The van der Waals surface area contributed by atoms with Crippen LogP contribution >= 0.6 is 0 Å². The summed E-state index contributed by atoms with van der Waals surface area (Å²) in [5.41, 5.74) is 5.09. The van der Waals surface area contributed by atoms with Crippen LogP contribution in [0.1, 0.15) is 34.8 Å². The highest BCUT2D eigenvalue weighted by Crippen LogP contribution is 2.55. The van der Waals surface area contributed by atoms with Crippen molar-refractivity contribution in [2.75, 3.05) is 10.2 Å². The Morgan fingerprint density at radius 1 is 0.967 bits per heavy atom. The Kier molecular flexibility index (Phi) is 4.17. The number of fused-ring (bicyclic) bond motifs is 5. The summed E-state index contributed by atoms with van der Waals surface area (Å²) < 4.78 is 0. The number of aryl methyl sites for hydroxylation is 2. The standard InChI is InChI=1S/C25H24N2O3/c1-13-7-8-18(10-14(13)2)26-23(28)16-5-4-6-19(11-16)27-24(29)21-17-9-15(3)20(12-17)22(21)25(27)30/h4-11,17,20-22H,12H2,1-3H3,(H,26,28)/t17-,20+,21+,22+/m1/s1. The Balaban J connectivity index is 1.40. The third-order valence-electron chi connectivity index (χ3n) is 7.01. The fourth-order valence-electron chi connectivity index (χ4n) is 5.34. The molecular weight excluding hydrogens is 376 g/mol. The third-order valence-corrected chi connectivity index (χ3v) is 7.01. The number of carbonyl (C=O) groups excluding carboxylic acids is 3. The van der Waals surface area contributed by atoms with Gasteiger partial charge in [-0.05, 0) is 80.5 Å². The Morgan fingerprint density at radius 3 is 2.50 bits per heavy atom. The number of amides is 3. The first-order chi connectivity index (χ1) is 14.3. The molecule has 0 unspecified atom stereocenters. The topological polar surface area (TPSA) is 66.5 Å². The third kappa shape index (κ3) is 2.72. The molecule has 3 aliphatic rings. The van der Waals surface area contributed by atoms with Crippen molar-refractivity contribution in [3.05, 3.63) is 70.8 Å². The van der Waals surface area contributed by atoms with Gasteiger partial charge in [0.2, 0.25) is 11.8 Å². The molecule has 0 aromatic heterocycles. The van der Waals surface area contributed by atoms with Crippen molar-refractivity contribution in [1.29, 1.82) is 0 Å². The van der Waals surface area contributed by atoms with E-state index >= 15 is 0 Å². The number of imide groups is 1. The second-order valence-corrected chi connectivity index (χ2v) is 8.78. The zero-order chi connectivity index (χ0) is 21.2. The molecule has 3 amide bonds. The molecule has 2 bridgehead atoms. The number of nitrogens with one attached hydrogen (secondary N) is 1. The molecule has 4 atom stereocenters. The van der Waals surface area contributed by atoms with Crippen molar-refractivity contribution in [3.8, 4) is 0 Å². The van der Waals surface area contributed by atoms with Gasteiger partial charge in [0, 0.05) is 11.3 Å². The second-order valence-electron chi connectivity index (χ2n) is 8.78. The number of anilines is 2. The molecule has 2 fully saturated rings. The monoisotopic (exact) mass is 400 g/mol. The van der Waals surface area contributed by atoms with Crippen molar-refractivity contribution >= 4 is 29.1 Å². The van der Waals surface area contributed by atoms with Gasteiger partial charge in [0.05, 0.1) is 17.5 Å². The van der Waals surface area contributed by atoms with Crippen LogP contribution in [0.25, 0.3) is 0 Å². The molecule has 1 saturated carbocycles. The molecule has 1 aliphatic heterocycles. The number of hydrogen-bond donors (Lipinski definition) is 1. The maximum atomic E-state index is 13.2. The average molecular weight is 400 g/mol. The summed E-state index contributed by atoms with van der Waals surface area (Å²) in [5.74, 6) is -0.684. The molecular formula is C25H24N2O3. The van der Waals surface area contributed by atoms with E-state index in [0.717, 1.165) is 23.2 Å². The van der Waals surface area contributed by atoms with Gasteiger partial charge in [0.15, 0.2) is 0 Å². The Bertz CT molecular complexity index is 1130. The van der Waals surface area contributed by atoms with Gasteiger partial charge in [-0.15, -0.1) is 0 Å². The van der Waals surface area contributed by atoms with E-state index < -0.39 is 0 Å². The van der Waals surface area contributed by atoms with Gasteiger partial charge >= 0.3 is 0 Å². The van der Waals surface area contributed by atoms with E-state index in [0.29, 0.717) is 11.3 Å². The van der Waals surface area contributed by atoms with Crippen LogP contribution in [0.5, 0.6) is 0 Å². The van der Waals surface area contributed by atoms with Gasteiger partial charge in [0.1, 0.15) is 0 Å². The SMILES string of the molecule is CC1=C[C@@H]2C[C@@H]1[C@@H]1C(=O)N(c3cccc(C(=O)Nc4ccc(C)c(C)c4)c3)C(=O)[C@H]12. The van der Waals surface area contributed by atoms with Gasteiger partial charge in [-0.1, -0.05) is 23.8 Å². The molecule has 1 N–H and O–H groups in total. The maximum Gasteiger partial charge on any atom is 0.255 e. The van der Waals surface area contributed by atoms with Crippen LogP contribution < -0.4 is 10.2 Å². The van der Waals surface area contributed by atoms with Crippen molar-refractivity contribution < 1.29 is 14.4 Å². The number of nitrogens with zero attached hydrogens (tertiary/aromatic N) is 1. The minimum absolute atomic E-state index is 0.128.